The van der Waals surface area contributed by atoms with Gasteiger partial charge in [0.1, 0.15) is 0 Å². The van der Waals surface area contributed by atoms with E-state index in [0.29, 0.717) is 6.42 Å². The maximum absolute atomic E-state index is 5.75. The SMILES string of the molecule is C#CCC(NCCC)C1(OC)CCOCC1. The molecule has 1 heterocycles. The van der Waals surface area contributed by atoms with Gasteiger partial charge in [0, 0.05) is 45.6 Å². The van der Waals surface area contributed by atoms with Crippen molar-refractivity contribution in [2.75, 3.05) is 26.9 Å². The van der Waals surface area contributed by atoms with Crippen LogP contribution in [0.5, 0.6) is 0 Å². The molecule has 3 nitrogen and oxygen atoms in total. The highest BCUT2D eigenvalue weighted by Crippen LogP contribution is 2.29. The average Bonchev–Trinajstić information content (AvgIpc) is 2.35. The molecule has 92 valence electrons. The highest BCUT2D eigenvalue weighted by Gasteiger charge is 2.39. The fraction of sp³-hybridized carbons (Fsp3) is 0.846. The fourth-order valence-corrected chi connectivity index (χ4v) is 2.29. The normalized spacial score (nSPS) is 21.3. The van der Waals surface area contributed by atoms with Gasteiger partial charge in [0.2, 0.25) is 0 Å². The highest BCUT2D eigenvalue weighted by atomic mass is 16.5. The van der Waals surface area contributed by atoms with Crippen LogP contribution < -0.4 is 5.32 Å². The summed E-state index contributed by atoms with van der Waals surface area (Å²) in [6.07, 6.45) is 9.12. The lowest BCUT2D eigenvalue weighted by molar-refractivity contribution is -0.109. The zero-order valence-corrected chi connectivity index (χ0v) is 10.4. The van der Waals surface area contributed by atoms with Crippen LogP contribution >= 0.6 is 0 Å². The molecule has 1 unspecified atom stereocenters. The molecule has 3 heteroatoms. The van der Waals surface area contributed by atoms with E-state index in [1.54, 1.807) is 7.11 Å². The Kier molecular flexibility index (Phi) is 5.83. The quantitative estimate of drug-likeness (QED) is 0.696. The van der Waals surface area contributed by atoms with Crippen LogP contribution in [0.4, 0.5) is 0 Å². The van der Waals surface area contributed by atoms with E-state index >= 15 is 0 Å². The molecular formula is C13H23NO2. The Labute approximate surface area is 98.9 Å². The molecule has 0 aliphatic carbocycles. The Morgan fingerprint density at radius 3 is 2.69 bits per heavy atom. The summed E-state index contributed by atoms with van der Waals surface area (Å²) in [4.78, 5) is 0. The van der Waals surface area contributed by atoms with Crippen LogP contribution in [0.15, 0.2) is 0 Å². The van der Waals surface area contributed by atoms with E-state index in [2.05, 4.69) is 18.2 Å². The maximum atomic E-state index is 5.75. The molecule has 0 aromatic rings. The molecule has 0 saturated carbocycles. The van der Waals surface area contributed by atoms with Crippen LogP contribution in [-0.4, -0.2) is 38.5 Å². The Hall–Kier alpha value is -0.560. The second-order valence-electron chi connectivity index (χ2n) is 4.30. The first kappa shape index (κ1) is 13.5. The van der Waals surface area contributed by atoms with Crippen LogP contribution in [0.2, 0.25) is 0 Å². The van der Waals surface area contributed by atoms with E-state index in [1.807, 2.05) is 0 Å². The van der Waals surface area contributed by atoms with Crippen LogP contribution in [0.3, 0.4) is 0 Å². The molecule has 1 fully saturated rings. The predicted molar refractivity (Wildman–Crippen MR) is 65.3 cm³/mol. The largest absolute Gasteiger partial charge is 0.381 e. The summed E-state index contributed by atoms with van der Waals surface area (Å²) in [5.41, 5.74) is -0.139. The third-order valence-electron chi connectivity index (χ3n) is 3.34. The number of hydrogen-bond acceptors (Lipinski definition) is 3. The van der Waals surface area contributed by atoms with Crippen molar-refractivity contribution in [3.8, 4) is 12.3 Å². The molecule has 0 radical (unpaired) electrons. The number of ether oxygens (including phenoxy) is 2. The van der Waals surface area contributed by atoms with Crippen molar-refractivity contribution in [1.29, 1.82) is 0 Å². The van der Waals surface area contributed by atoms with E-state index in [9.17, 15) is 0 Å². The lowest BCUT2D eigenvalue weighted by Crippen LogP contribution is -2.55. The molecular weight excluding hydrogens is 202 g/mol. The summed E-state index contributed by atoms with van der Waals surface area (Å²) < 4.78 is 11.2. The predicted octanol–water partition coefficient (Wildman–Crippen LogP) is 1.57. The van der Waals surface area contributed by atoms with Crippen molar-refractivity contribution in [3.05, 3.63) is 0 Å². The Bertz CT molecular complexity index is 229. The minimum Gasteiger partial charge on any atom is -0.381 e. The summed E-state index contributed by atoms with van der Waals surface area (Å²) in [5.74, 6) is 2.75. The van der Waals surface area contributed by atoms with Crippen molar-refractivity contribution >= 4 is 0 Å². The van der Waals surface area contributed by atoms with E-state index in [4.69, 9.17) is 15.9 Å². The Balaban J connectivity index is 2.66. The first-order valence-electron chi connectivity index (χ1n) is 6.09. The van der Waals surface area contributed by atoms with Crippen LogP contribution in [0.1, 0.15) is 32.6 Å². The Morgan fingerprint density at radius 2 is 2.19 bits per heavy atom. The molecule has 1 aliphatic heterocycles. The molecule has 1 atom stereocenters. The van der Waals surface area contributed by atoms with Gasteiger partial charge >= 0.3 is 0 Å². The molecule has 0 aromatic carbocycles. The molecule has 1 N–H and O–H groups in total. The molecule has 0 aromatic heterocycles. The number of terminal acetylenes is 1. The van der Waals surface area contributed by atoms with Crippen molar-refractivity contribution in [1.82, 2.24) is 5.32 Å². The van der Waals surface area contributed by atoms with Gasteiger partial charge in [-0.3, -0.25) is 0 Å². The van der Waals surface area contributed by atoms with Crippen molar-refractivity contribution in [3.63, 3.8) is 0 Å². The smallest absolute Gasteiger partial charge is 0.0884 e. The number of rotatable bonds is 6. The summed E-state index contributed by atoms with van der Waals surface area (Å²) >= 11 is 0. The molecule has 1 saturated heterocycles. The van der Waals surface area contributed by atoms with Gasteiger partial charge in [0.05, 0.1) is 5.60 Å². The molecule has 0 bridgehead atoms. The van der Waals surface area contributed by atoms with Crippen LogP contribution in [-0.2, 0) is 9.47 Å². The average molecular weight is 225 g/mol. The Morgan fingerprint density at radius 1 is 1.50 bits per heavy atom. The van der Waals surface area contributed by atoms with E-state index in [1.165, 1.54) is 0 Å². The number of hydrogen-bond donors (Lipinski definition) is 1. The van der Waals surface area contributed by atoms with Crippen molar-refractivity contribution in [2.45, 2.75) is 44.2 Å². The van der Waals surface area contributed by atoms with E-state index in [0.717, 1.165) is 39.0 Å². The van der Waals surface area contributed by atoms with E-state index in [-0.39, 0.29) is 11.6 Å². The monoisotopic (exact) mass is 225 g/mol. The standard InChI is InChI=1S/C13H23NO2/c1-4-6-12(14-9-5-2)13(15-3)7-10-16-11-8-13/h1,12,14H,5-11H2,2-3H3. The molecule has 16 heavy (non-hydrogen) atoms. The first-order valence-corrected chi connectivity index (χ1v) is 6.09. The van der Waals surface area contributed by atoms with Gasteiger partial charge in [-0.2, -0.15) is 0 Å². The summed E-state index contributed by atoms with van der Waals surface area (Å²) in [5, 5.41) is 3.51. The van der Waals surface area contributed by atoms with Gasteiger partial charge in [-0.15, -0.1) is 12.3 Å². The van der Waals surface area contributed by atoms with E-state index < -0.39 is 0 Å². The second kappa shape index (κ2) is 6.90. The van der Waals surface area contributed by atoms with Crippen molar-refractivity contribution in [2.24, 2.45) is 0 Å². The number of methoxy groups -OCH3 is 1. The molecule has 1 rings (SSSR count). The van der Waals surface area contributed by atoms with Gasteiger partial charge < -0.3 is 14.8 Å². The third-order valence-corrected chi connectivity index (χ3v) is 3.34. The van der Waals surface area contributed by atoms with Gasteiger partial charge in [0.25, 0.3) is 0 Å². The van der Waals surface area contributed by atoms with Crippen LogP contribution in [0.25, 0.3) is 0 Å². The minimum absolute atomic E-state index is 0.139. The zero-order chi connectivity index (χ0) is 11.9. The highest BCUT2D eigenvalue weighted by molar-refractivity contribution is 5.01. The molecule has 0 amide bonds. The third kappa shape index (κ3) is 3.21. The van der Waals surface area contributed by atoms with Crippen molar-refractivity contribution < 1.29 is 9.47 Å². The van der Waals surface area contributed by atoms with Crippen LogP contribution in [0, 0.1) is 12.3 Å². The lowest BCUT2D eigenvalue weighted by atomic mass is 9.84. The summed E-state index contributed by atoms with van der Waals surface area (Å²) in [6, 6.07) is 0.242. The number of nitrogens with one attached hydrogen (secondary N) is 1. The maximum Gasteiger partial charge on any atom is 0.0884 e. The van der Waals surface area contributed by atoms with Gasteiger partial charge in [-0.1, -0.05) is 6.92 Å². The molecule has 0 spiro atoms. The zero-order valence-electron chi connectivity index (χ0n) is 10.4. The summed E-state index contributed by atoms with van der Waals surface area (Å²) in [7, 11) is 1.78. The fourth-order valence-electron chi connectivity index (χ4n) is 2.29. The topological polar surface area (TPSA) is 30.5 Å². The second-order valence-corrected chi connectivity index (χ2v) is 4.30. The molecule has 1 aliphatic rings. The van der Waals surface area contributed by atoms with Gasteiger partial charge in [-0.25, -0.2) is 0 Å². The summed E-state index contributed by atoms with van der Waals surface area (Å²) in [6.45, 7) is 4.67. The first-order chi connectivity index (χ1) is 7.79. The van der Waals surface area contributed by atoms with Gasteiger partial charge in [0.15, 0.2) is 0 Å². The lowest BCUT2D eigenvalue weighted by Gasteiger charge is -2.42. The van der Waals surface area contributed by atoms with Gasteiger partial charge in [-0.05, 0) is 13.0 Å². The minimum atomic E-state index is -0.139.